The number of hydrogen-bond acceptors (Lipinski definition) is 5. The summed E-state index contributed by atoms with van der Waals surface area (Å²) < 4.78 is 1.05. The maximum Gasteiger partial charge on any atom is 0.142 e. The van der Waals surface area contributed by atoms with Crippen molar-refractivity contribution in [3.63, 3.8) is 0 Å². The van der Waals surface area contributed by atoms with Crippen LogP contribution in [0.3, 0.4) is 0 Å². The second-order valence-corrected chi connectivity index (χ2v) is 6.53. The van der Waals surface area contributed by atoms with Crippen molar-refractivity contribution in [2.24, 2.45) is 0 Å². The molecule has 22 heavy (non-hydrogen) atoms. The van der Waals surface area contributed by atoms with Crippen LogP contribution >= 0.6 is 15.9 Å². The maximum absolute atomic E-state index is 4.52. The Labute approximate surface area is 139 Å². The molecule has 3 heterocycles. The van der Waals surface area contributed by atoms with Gasteiger partial charge in [0, 0.05) is 44.1 Å². The van der Waals surface area contributed by atoms with Gasteiger partial charge in [-0.25, -0.2) is 15.0 Å². The molecule has 1 atom stereocenters. The van der Waals surface area contributed by atoms with Crippen molar-refractivity contribution in [2.75, 3.05) is 29.9 Å². The number of rotatable bonds is 3. The van der Waals surface area contributed by atoms with Gasteiger partial charge in [0.2, 0.25) is 0 Å². The summed E-state index contributed by atoms with van der Waals surface area (Å²) in [5, 5.41) is 0. The average Bonchev–Trinajstić information content (AvgIpc) is 2.55. The maximum atomic E-state index is 4.52. The number of halogens is 1. The van der Waals surface area contributed by atoms with E-state index >= 15 is 0 Å². The molecule has 0 N–H and O–H groups in total. The van der Waals surface area contributed by atoms with Gasteiger partial charge in [0.15, 0.2) is 0 Å². The molecule has 1 fully saturated rings. The molecular weight excluding hydrogens is 342 g/mol. The van der Waals surface area contributed by atoms with Gasteiger partial charge >= 0.3 is 0 Å². The van der Waals surface area contributed by atoms with Gasteiger partial charge in [-0.05, 0) is 47.8 Å². The SMILES string of the molecule is Cc1cc(N(C)C2CCCN(c3ncccc3Br)C2)ncn1. The summed E-state index contributed by atoms with van der Waals surface area (Å²) in [6.07, 6.45) is 5.81. The van der Waals surface area contributed by atoms with E-state index in [1.54, 1.807) is 6.33 Å². The standard InChI is InChI=1S/C16H20BrN5/c1-12-9-15(20-11-19-12)21(2)13-5-4-8-22(10-13)16-14(17)6-3-7-18-16/h3,6-7,9,11,13H,4-5,8,10H2,1-2H3. The number of hydrogen-bond donors (Lipinski definition) is 0. The Morgan fingerprint density at radius 2 is 2.18 bits per heavy atom. The predicted octanol–water partition coefficient (Wildman–Crippen LogP) is 3.05. The minimum absolute atomic E-state index is 0.428. The molecule has 6 heteroatoms. The average molecular weight is 362 g/mol. The summed E-state index contributed by atoms with van der Waals surface area (Å²) in [6, 6.07) is 6.46. The summed E-state index contributed by atoms with van der Waals surface area (Å²) in [6.45, 7) is 4.00. The van der Waals surface area contributed by atoms with Gasteiger partial charge in [0.25, 0.3) is 0 Å². The number of nitrogens with zero attached hydrogens (tertiary/aromatic N) is 5. The van der Waals surface area contributed by atoms with Gasteiger partial charge in [-0.2, -0.15) is 0 Å². The fraction of sp³-hybridized carbons (Fsp3) is 0.438. The minimum Gasteiger partial charge on any atom is -0.355 e. The molecule has 1 aliphatic heterocycles. The van der Waals surface area contributed by atoms with Crippen molar-refractivity contribution >= 4 is 27.6 Å². The van der Waals surface area contributed by atoms with Crippen molar-refractivity contribution in [1.29, 1.82) is 0 Å². The van der Waals surface area contributed by atoms with Gasteiger partial charge in [0.05, 0.1) is 4.47 Å². The van der Waals surface area contributed by atoms with E-state index in [0.29, 0.717) is 6.04 Å². The lowest BCUT2D eigenvalue weighted by atomic mass is 10.0. The van der Waals surface area contributed by atoms with Crippen molar-refractivity contribution in [2.45, 2.75) is 25.8 Å². The first kappa shape index (κ1) is 15.2. The highest BCUT2D eigenvalue weighted by Crippen LogP contribution is 2.28. The smallest absolute Gasteiger partial charge is 0.142 e. The number of pyridine rings is 1. The quantitative estimate of drug-likeness (QED) is 0.840. The van der Waals surface area contributed by atoms with Gasteiger partial charge < -0.3 is 9.80 Å². The highest BCUT2D eigenvalue weighted by molar-refractivity contribution is 9.10. The summed E-state index contributed by atoms with van der Waals surface area (Å²) in [5.74, 6) is 2.01. The Bertz CT molecular complexity index is 648. The number of aromatic nitrogens is 3. The van der Waals surface area contributed by atoms with Crippen LogP contribution < -0.4 is 9.80 Å². The summed E-state index contributed by atoms with van der Waals surface area (Å²) in [4.78, 5) is 17.7. The zero-order chi connectivity index (χ0) is 15.5. The van der Waals surface area contributed by atoms with Crippen LogP contribution in [0.5, 0.6) is 0 Å². The normalized spacial score (nSPS) is 18.3. The first-order valence-corrected chi connectivity index (χ1v) is 8.31. The number of piperidine rings is 1. The minimum atomic E-state index is 0.428. The molecule has 0 radical (unpaired) electrons. The van der Waals surface area contributed by atoms with E-state index in [1.165, 1.54) is 6.42 Å². The molecule has 0 bridgehead atoms. The molecule has 5 nitrogen and oxygen atoms in total. The zero-order valence-corrected chi connectivity index (χ0v) is 14.5. The van der Waals surface area contributed by atoms with Crippen LogP contribution in [0.25, 0.3) is 0 Å². The van der Waals surface area contributed by atoms with Crippen LogP contribution in [0.1, 0.15) is 18.5 Å². The molecule has 2 aromatic rings. The lowest BCUT2D eigenvalue weighted by Gasteiger charge is -2.39. The molecule has 116 valence electrons. The van der Waals surface area contributed by atoms with Crippen molar-refractivity contribution in [3.05, 3.63) is 40.9 Å². The fourth-order valence-corrected chi connectivity index (χ4v) is 3.40. The first-order valence-electron chi connectivity index (χ1n) is 7.52. The molecule has 1 saturated heterocycles. The molecule has 0 spiro atoms. The van der Waals surface area contributed by atoms with Crippen LogP contribution in [0.15, 0.2) is 35.2 Å². The number of aryl methyl sites for hydroxylation is 1. The van der Waals surface area contributed by atoms with Gasteiger partial charge in [-0.3, -0.25) is 0 Å². The summed E-state index contributed by atoms with van der Waals surface area (Å²) in [7, 11) is 2.11. The van der Waals surface area contributed by atoms with E-state index in [2.05, 4.69) is 47.7 Å². The number of likely N-dealkylation sites (N-methyl/N-ethyl adjacent to an activating group) is 1. The summed E-state index contributed by atoms with van der Waals surface area (Å²) in [5.41, 5.74) is 0.997. The Morgan fingerprint density at radius 1 is 1.32 bits per heavy atom. The third kappa shape index (κ3) is 3.21. The van der Waals surface area contributed by atoms with Crippen LogP contribution in [0.2, 0.25) is 0 Å². The Kier molecular flexibility index (Phi) is 4.57. The molecule has 0 aromatic carbocycles. The van der Waals surface area contributed by atoms with Crippen molar-refractivity contribution in [3.8, 4) is 0 Å². The van der Waals surface area contributed by atoms with Crippen LogP contribution in [0, 0.1) is 6.92 Å². The van der Waals surface area contributed by atoms with E-state index < -0.39 is 0 Å². The van der Waals surface area contributed by atoms with Crippen molar-refractivity contribution in [1.82, 2.24) is 15.0 Å². The highest BCUT2D eigenvalue weighted by atomic mass is 79.9. The second-order valence-electron chi connectivity index (χ2n) is 5.68. The molecular formula is C16H20BrN5. The topological polar surface area (TPSA) is 45.2 Å². The summed E-state index contributed by atoms with van der Waals surface area (Å²) >= 11 is 3.60. The van der Waals surface area contributed by atoms with Gasteiger partial charge in [0.1, 0.15) is 18.0 Å². The highest BCUT2D eigenvalue weighted by Gasteiger charge is 2.25. The molecule has 0 aliphatic carbocycles. The molecule has 1 aliphatic rings. The lowest BCUT2D eigenvalue weighted by Crippen LogP contribution is -2.47. The van der Waals surface area contributed by atoms with E-state index in [-0.39, 0.29) is 0 Å². The van der Waals surface area contributed by atoms with Crippen LogP contribution in [-0.4, -0.2) is 41.1 Å². The Hall–Kier alpha value is -1.69. The van der Waals surface area contributed by atoms with E-state index in [9.17, 15) is 0 Å². The molecule has 1 unspecified atom stereocenters. The van der Waals surface area contributed by atoms with E-state index in [1.807, 2.05) is 31.3 Å². The molecule has 2 aromatic heterocycles. The third-order valence-electron chi connectivity index (χ3n) is 4.13. The van der Waals surface area contributed by atoms with Crippen LogP contribution in [-0.2, 0) is 0 Å². The first-order chi connectivity index (χ1) is 10.6. The van der Waals surface area contributed by atoms with Gasteiger partial charge in [-0.15, -0.1) is 0 Å². The third-order valence-corrected chi connectivity index (χ3v) is 4.75. The predicted molar refractivity (Wildman–Crippen MR) is 92.3 cm³/mol. The monoisotopic (exact) mass is 361 g/mol. The Morgan fingerprint density at radius 3 is 2.95 bits per heavy atom. The van der Waals surface area contributed by atoms with Gasteiger partial charge in [-0.1, -0.05) is 0 Å². The molecule has 3 rings (SSSR count). The largest absolute Gasteiger partial charge is 0.355 e. The number of anilines is 2. The zero-order valence-electron chi connectivity index (χ0n) is 12.9. The Balaban J connectivity index is 1.77. The second kappa shape index (κ2) is 6.60. The fourth-order valence-electron chi connectivity index (χ4n) is 2.89. The molecule has 0 saturated carbocycles. The van der Waals surface area contributed by atoms with Crippen LogP contribution in [0.4, 0.5) is 11.6 Å². The molecule has 0 amide bonds. The lowest BCUT2D eigenvalue weighted by molar-refractivity contribution is 0.483. The van der Waals surface area contributed by atoms with E-state index in [0.717, 1.165) is 41.3 Å². The van der Waals surface area contributed by atoms with E-state index in [4.69, 9.17) is 0 Å². The van der Waals surface area contributed by atoms with Crippen molar-refractivity contribution < 1.29 is 0 Å².